The van der Waals surface area contributed by atoms with Gasteiger partial charge in [-0.2, -0.15) is 0 Å². The molecule has 0 heterocycles. The summed E-state index contributed by atoms with van der Waals surface area (Å²) in [7, 11) is -2.97. The van der Waals surface area contributed by atoms with Crippen LogP contribution in [0.4, 0.5) is 4.79 Å². The van der Waals surface area contributed by atoms with Crippen LogP contribution in [0.3, 0.4) is 0 Å². The van der Waals surface area contributed by atoms with Gasteiger partial charge in [-0.3, -0.25) is 0 Å². The molecule has 1 aliphatic carbocycles. The fourth-order valence-electron chi connectivity index (χ4n) is 2.64. The lowest BCUT2D eigenvalue weighted by Gasteiger charge is -2.22. The zero-order valence-electron chi connectivity index (χ0n) is 13.6. The van der Waals surface area contributed by atoms with Crippen molar-refractivity contribution in [1.82, 2.24) is 10.6 Å². The number of carbonyl (C=O) groups excluding carboxylic acids is 1. The van der Waals surface area contributed by atoms with E-state index in [9.17, 15) is 13.2 Å². The molecule has 1 fully saturated rings. The molecule has 2 N–H and O–H groups in total. The van der Waals surface area contributed by atoms with Gasteiger partial charge in [0.2, 0.25) is 0 Å². The smallest absolute Gasteiger partial charge is 0.407 e. The first kappa shape index (κ1) is 18.2. The molecule has 0 aromatic heterocycles. The average Bonchev–Trinajstić information content (AvgIpc) is 2.58. The summed E-state index contributed by atoms with van der Waals surface area (Å²) in [5, 5.41) is 6.18. The number of rotatable bonds is 5. The predicted molar refractivity (Wildman–Crippen MR) is 83.1 cm³/mol. The van der Waals surface area contributed by atoms with Crippen molar-refractivity contribution in [2.75, 3.05) is 12.0 Å². The molecular formula is C14H28N2O4S. The molecule has 1 rings (SSSR count). The van der Waals surface area contributed by atoms with E-state index in [1.54, 1.807) is 0 Å². The maximum Gasteiger partial charge on any atom is 0.407 e. The van der Waals surface area contributed by atoms with Crippen LogP contribution in [0.25, 0.3) is 0 Å². The van der Waals surface area contributed by atoms with Gasteiger partial charge in [0.05, 0.1) is 5.75 Å². The molecule has 1 aliphatic rings. The van der Waals surface area contributed by atoms with Crippen molar-refractivity contribution in [3.8, 4) is 0 Å². The number of alkyl carbamates (subject to hydrolysis) is 1. The Bertz CT molecular complexity index is 456. The van der Waals surface area contributed by atoms with Crippen molar-refractivity contribution < 1.29 is 17.9 Å². The molecular weight excluding hydrogens is 292 g/mol. The molecule has 0 bridgehead atoms. The summed E-state index contributed by atoms with van der Waals surface area (Å²) in [6.45, 7) is 7.37. The molecule has 0 aromatic rings. The van der Waals surface area contributed by atoms with Crippen LogP contribution >= 0.6 is 0 Å². The quantitative estimate of drug-likeness (QED) is 0.801. The lowest BCUT2D eigenvalue weighted by Crippen LogP contribution is -2.41. The first-order valence-corrected chi connectivity index (χ1v) is 9.44. The van der Waals surface area contributed by atoms with Gasteiger partial charge in [0.1, 0.15) is 15.4 Å². The Morgan fingerprint density at radius 3 is 2.38 bits per heavy atom. The van der Waals surface area contributed by atoms with Gasteiger partial charge in [-0.05, 0) is 47.0 Å². The van der Waals surface area contributed by atoms with Crippen molar-refractivity contribution in [1.29, 1.82) is 0 Å². The Morgan fingerprint density at radius 2 is 1.86 bits per heavy atom. The molecule has 3 unspecified atom stereocenters. The zero-order valence-corrected chi connectivity index (χ0v) is 14.4. The average molecular weight is 320 g/mol. The van der Waals surface area contributed by atoms with Crippen molar-refractivity contribution in [2.24, 2.45) is 0 Å². The van der Waals surface area contributed by atoms with Crippen LogP contribution in [0.2, 0.25) is 0 Å². The molecule has 0 aromatic carbocycles. The molecule has 6 nitrogen and oxygen atoms in total. The number of sulfone groups is 1. The van der Waals surface area contributed by atoms with Gasteiger partial charge in [0.15, 0.2) is 0 Å². The Kier molecular flexibility index (Phi) is 6.04. The molecule has 0 saturated heterocycles. The summed E-state index contributed by atoms with van der Waals surface area (Å²) in [5.74, 6) is 0.133. The monoisotopic (exact) mass is 320 g/mol. The van der Waals surface area contributed by atoms with Crippen LogP contribution in [0.5, 0.6) is 0 Å². The van der Waals surface area contributed by atoms with Crippen molar-refractivity contribution in [3.63, 3.8) is 0 Å². The lowest BCUT2D eigenvalue weighted by atomic mass is 10.2. The summed E-state index contributed by atoms with van der Waals surface area (Å²) in [6.07, 6.45) is 3.45. The van der Waals surface area contributed by atoms with Gasteiger partial charge in [-0.15, -0.1) is 0 Å². The first-order valence-electron chi connectivity index (χ1n) is 7.38. The fraction of sp³-hybridized carbons (Fsp3) is 0.929. The number of nitrogens with one attached hydrogen (secondary N) is 2. The highest BCUT2D eigenvalue weighted by atomic mass is 32.2. The molecule has 0 radical (unpaired) electrons. The fourth-order valence-corrected chi connectivity index (χ4v) is 3.65. The van der Waals surface area contributed by atoms with Crippen molar-refractivity contribution >= 4 is 15.9 Å². The third-order valence-electron chi connectivity index (χ3n) is 3.23. The van der Waals surface area contributed by atoms with Gasteiger partial charge < -0.3 is 15.4 Å². The van der Waals surface area contributed by atoms with Gasteiger partial charge in [0.25, 0.3) is 0 Å². The van der Waals surface area contributed by atoms with Crippen molar-refractivity contribution in [2.45, 2.75) is 70.7 Å². The highest BCUT2D eigenvalue weighted by Crippen LogP contribution is 2.20. The van der Waals surface area contributed by atoms with Crippen LogP contribution in [0, 0.1) is 0 Å². The van der Waals surface area contributed by atoms with E-state index in [0.29, 0.717) is 0 Å². The number of amides is 1. The van der Waals surface area contributed by atoms with Gasteiger partial charge in [0, 0.05) is 24.4 Å². The van der Waals surface area contributed by atoms with Gasteiger partial charge in [-0.1, -0.05) is 0 Å². The molecule has 124 valence electrons. The van der Waals surface area contributed by atoms with E-state index in [2.05, 4.69) is 10.6 Å². The Hall–Kier alpha value is -0.820. The molecule has 21 heavy (non-hydrogen) atoms. The van der Waals surface area contributed by atoms with E-state index < -0.39 is 21.5 Å². The SMILES string of the molecule is CC(CS(C)(=O)=O)NC1CCC(NC(=O)OC(C)(C)C)C1. The number of hydrogen-bond donors (Lipinski definition) is 2. The van der Waals surface area contributed by atoms with Crippen LogP contribution in [-0.4, -0.2) is 50.2 Å². The predicted octanol–water partition coefficient (Wildman–Crippen LogP) is 1.45. The maximum absolute atomic E-state index is 11.7. The Labute approximate surface area is 127 Å². The van der Waals surface area contributed by atoms with Gasteiger partial charge >= 0.3 is 6.09 Å². The third-order valence-corrected chi connectivity index (χ3v) is 4.33. The molecule has 0 spiro atoms. The number of ether oxygens (including phenoxy) is 1. The minimum Gasteiger partial charge on any atom is -0.444 e. The van der Waals surface area contributed by atoms with Crippen LogP contribution in [0.1, 0.15) is 47.0 Å². The minimum atomic E-state index is -2.97. The normalized spacial score (nSPS) is 24.6. The molecule has 1 amide bonds. The summed E-state index contributed by atoms with van der Waals surface area (Å²) in [4.78, 5) is 11.7. The molecule has 0 aliphatic heterocycles. The third kappa shape index (κ3) is 8.26. The van der Waals surface area contributed by atoms with Crippen LogP contribution in [-0.2, 0) is 14.6 Å². The second-order valence-electron chi connectivity index (χ2n) is 7.01. The minimum absolute atomic E-state index is 0.0784. The van der Waals surface area contributed by atoms with Crippen LogP contribution < -0.4 is 10.6 Å². The lowest BCUT2D eigenvalue weighted by molar-refractivity contribution is 0.0505. The van der Waals surface area contributed by atoms with Crippen LogP contribution in [0.15, 0.2) is 0 Å². The molecule has 7 heteroatoms. The van der Waals surface area contributed by atoms with E-state index in [0.717, 1.165) is 19.3 Å². The van der Waals surface area contributed by atoms with Gasteiger partial charge in [-0.25, -0.2) is 13.2 Å². The first-order chi connectivity index (χ1) is 9.44. The van der Waals surface area contributed by atoms with E-state index in [1.807, 2.05) is 27.7 Å². The van der Waals surface area contributed by atoms with E-state index in [-0.39, 0.29) is 23.9 Å². The van der Waals surface area contributed by atoms with E-state index in [4.69, 9.17) is 4.74 Å². The standard InChI is InChI=1S/C14H28N2O4S/c1-10(9-21(5,18)19)15-11-6-7-12(8-11)16-13(17)20-14(2,3)4/h10-12,15H,6-9H2,1-5H3,(H,16,17). The van der Waals surface area contributed by atoms with E-state index >= 15 is 0 Å². The molecule has 1 saturated carbocycles. The summed E-state index contributed by atoms with van der Waals surface area (Å²) in [6, 6.07) is 0.245. The summed E-state index contributed by atoms with van der Waals surface area (Å²) in [5.41, 5.74) is -0.496. The number of hydrogen-bond acceptors (Lipinski definition) is 5. The second kappa shape index (κ2) is 6.96. The Balaban J connectivity index is 2.34. The highest BCUT2D eigenvalue weighted by molar-refractivity contribution is 7.90. The summed E-state index contributed by atoms with van der Waals surface area (Å²) >= 11 is 0. The second-order valence-corrected chi connectivity index (χ2v) is 9.20. The summed E-state index contributed by atoms with van der Waals surface area (Å²) < 4.78 is 27.7. The van der Waals surface area contributed by atoms with Crippen molar-refractivity contribution in [3.05, 3.63) is 0 Å². The topological polar surface area (TPSA) is 84.5 Å². The van der Waals surface area contributed by atoms with E-state index in [1.165, 1.54) is 6.26 Å². The Morgan fingerprint density at radius 1 is 1.29 bits per heavy atom. The largest absolute Gasteiger partial charge is 0.444 e. The molecule has 3 atom stereocenters. The number of carbonyl (C=O) groups is 1. The maximum atomic E-state index is 11.7. The highest BCUT2D eigenvalue weighted by Gasteiger charge is 2.28. The zero-order chi connectivity index (χ0) is 16.3.